The predicted molar refractivity (Wildman–Crippen MR) is 122 cm³/mol. The van der Waals surface area contributed by atoms with E-state index in [0.29, 0.717) is 25.9 Å². The van der Waals surface area contributed by atoms with Crippen molar-refractivity contribution in [3.8, 4) is 0 Å². The molecule has 0 spiro atoms. The number of fused-ring (bicyclic) bond motifs is 2. The molecule has 2 N–H and O–H groups in total. The number of pyridine rings is 1. The van der Waals surface area contributed by atoms with Gasteiger partial charge in [0, 0.05) is 24.4 Å². The number of nitrogens with zero attached hydrogens (tertiary/aromatic N) is 2. The van der Waals surface area contributed by atoms with Crippen molar-refractivity contribution < 1.29 is 9.59 Å². The maximum absolute atomic E-state index is 13.7. The van der Waals surface area contributed by atoms with Crippen molar-refractivity contribution >= 4 is 34.4 Å². The third kappa shape index (κ3) is 3.61. The molecular weight excluding hydrogens is 386 g/mol. The molecule has 156 valence electrons. The highest BCUT2D eigenvalue weighted by Crippen LogP contribution is 2.38. The van der Waals surface area contributed by atoms with Crippen molar-refractivity contribution in [3.05, 3.63) is 77.0 Å². The van der Waals surface area contributed by atoms with E-state index in [2.05, 4.69) is 18.2 Å². The summed E-state index contributed by atoms with van der Waals surface area (Å²) >= 11 is 0. The van der Waals surface area contributed by atoms with Crippen LogP contribution in [0.3, 0.4) is 0 Å². The molecule has 0 atom stereocenters. The topological polar surface area (TPSA) is 76.3 Å². The molecule has 0 radical (unpaired) electrons. The van der Waals surface area contributed by atoms with Gasteiger partial charge in [0.15, 0.2) is 0 Å². The number of rotatable bonds is 3. The standard InChI is InChI=1S/C26H25N3O2/c27-25(30)18-12-14-29(15-13-18)26(31)23-20-8-4-5-9-22(20)28-24-19(10-11-21(23)24)16-17-6-2-1-3-7-17/h1-9,16,18H,10-15H2,(H2,27,30)/b19-16-. The molecule has 0 saturated carbocycles. The van der Waals surface area contributed by atoms with E-state index in [1.165, 1.54) is 5.57 Å². The van der Waals surface area contributed by atoms with E-state index in [-0.39, 0.29) is 17.7 Å². The molecule has 5 rings (SSSR count). The number of likely N-dealkylation sites (tertiary alicyclic amines) is 1. The van der Waals surface area contributed by atoms with Crippen LogP contribution in [0.5, 0.6) is 0 Å². The van der Waals surface area contributed by atoms with Crippen molar-refractivity contribution in [2.45, 2.75) is 25.7 Å². The van der Waals surface area contributed by atoms with Gasteiger partial charge in [-0.25, -0.2) is 4.98 Å². The van der Waals surface area contributed by atoms with E-state index in [1.807, 2.05) is 47.4 Å². The van der Waals surface area contributed by atoms with Gasteiger partial charge in [0.2, 0.25) is 5.91 Å². The molecule has 1 saturated heterocycles. The summed E-state index contributed by atoms with van der Waals surface area (Å²) in [4.78, 5) is 32.0. The molecule has 31 heavy (non-hydrogen) atoms. The fourth-order valence-corrected chi connectivity index (χ4v) is 4.80. The maximum atomic E-state index is 13.7. The highest BCUT2D eigenvalue weighted by Gasteiger charge is 2.31. The molecule has 0 unspecified atom stereocenters. The number of carbonyl (C=O) groups is 2. The summed E-state index contributed by atoms with van der Waals surface area (Å²) in [5, 5.41) is 0.907. The third-order valence-electron chi connectivity index (χ3n) is 6.48. The normalized spacial score (nSPS) is 17.8. The number of para-hydroxylation sites is 1. The number of nitrogens with two attached hydrogens (primary N) is 1. The second kappa shape index (κ2) is 7.99. The van der Waals surface area contributed by atoms with Gasteiger partial charge >= 0.3 is 0 Å². The first-order chi connectivity index (χ1) is 15.1. The average Bonchev–Trinajstić information content (AvgIpc) is 3.19. The molecule has 2 amide bonds. The highest BCUT2D eigenvalue weighted by molar-refractivity contribution is 6.09. The molecule has 5 heteroatoms. The van der Waals surface area contributed by atoms with Gasteiger partial charge in [-0.05, 0) is 54.5 Å². The van der Waals surface area contributed by atoms with Gasteiger partial charge in [-0.3, -0.25) is 9.59 Å². The minimum Gasteiger partial charge on any atom is -0.369 e. The molecule has 5 nitrogen and oxygen atoms in total. The number of hydrogen-bond acceptors (Lipinski definition) is 3. The van der Waals surface area contributed by atoms with Gasteiger partial charge < -0.3 is 10.6 Å². The summed E-state index contributed by atoms with van der Waals surface area (Å²) < 4.78 is 0. The fraction of sp³-hybridized carbons (Fsp3) is 0.269. The van der Waals surface area contributed by atoms with Crippen molar-refractivity contribution in [1.82, 2.24) is 9.88 Å². The van der Waals surface area contributed by atoms with Crippen molar-refractivity contribution in [2.24, 2.45) is 11.7 Å². The van der Waals surface area contributed by atoms with E-state index in [4.69, 9.17) is 10.7 Å². The third-order valence-corrected chi connectivity index (χ3v) is 6.48. The summed E-state index contributed by atoms with van der Waals surface area (Å²) in [5.41, 5.74) is 11.4. The SMILES string of the molecule is NC(=O)C1CCN(C(=O)c2c3c(nc4ccccc24)/C(=C\c2ccccc2)CC3)CC1. The molecule has 2 aromatic carbocycles. The Bertz CT molecular complexity index is 1190. The highest BCUT2D eigenvalue weighted by atomic mass is 16.2. The summed E-state index contributed by atoms with van der Waals surface area (Å²) in [6.45, 7) is 1.12. The summed E-state index contributed by atoms with van der Waals surface area (Å²) in [6.07, 6.45) is 5.12. The number of piperidine rings is 1. The molecule has 1 aliphatic carbocycles. The van der Waals surface area contributed by atoms with E-state index >= 15 is 0 Å². The molecular formula is C26H25N3O2. The number of hydrogen-bond donors (Lipinski definition) is 1. The molecule has 3 aromatic rings. The monoisotopic (exact) mass is 411 g/mol. The minimum absolute atomic E-state index is 0.0405. The van der Waals surface area contributed by atoms with Gasteiger partial charge in [-0.15, -0.1) is 0 Å². The summed E-state index contributed by atoms with van der Waals surface area (Å²) in [6, 6.07) is 18.1. The summed E-state index contributed by atoms with van der Waals surface area (Å²) in [7, 11) is 0. The van der Waals surface area contributed by atoms with E-state index < -0.39 is 0 Å². The minimum atomic E-state index is -0.266. The van der Waals surface area contributed by atoms with Crippen molar-refractivity contribution in [2.75, 3.05) is 13.1 Å². The Morgan fingerprint density at radius 1 is 0.968 bits per heavy atom. The van der Waals surface area contributed by atoms with Crippen LogP contribution in [0.25, 0.3) is 22.6 Å². The first-order valence-corrected chi connectivity index (χ1v) is 10.9. The van der Waals surface area contributed by atoms with Gasteiger partial charge in [0.05, 0.1) is 16.8 Å². The Balaban J connectivity index is 1.57. The van der Waals surface area contributed by atoms with E-state index in [1.54, 1.807) is 0 Å². The lowest BCUT2D eigenvalue weighted by atomic mass is 9.94. The second-order valence-electron chi connectivity index (χ2n) is 8.38. The van der Waals surface area contributed by atoms with Crippen LogP contribution in [-0.2, 0) is 11.2 Å². The molecule has 2 heterocycles. The van der Waals surface area contributed by atoms with Crippen LogP contribution in [0, 0.1) is 5.92 Å². The van der Waals surface area contributed by atoms with Crippen molar-refractivity contribution in [1.29, 1.82) is 0 Å². The average molecular weight is 412 g/mol. The molecule has 2 aliphatic rings. The van der Waals surface area contributed by atoms with Gasteiger partial charge in [-0.1, -0.05) is 48.5 Å². The quantitative estimate of drug-likeness (QED) is 0.706. The number of benzene rings is 2. The summed E-state index contributed by atoms with van der Waals surface area (Å²) in [5.74, 6) is -0.360. The lowest BCUT2D eigenvalue weighted by Gasteiger charge is -2.31. The Hall–Kier alpha value is -3.47. The lowest BCUT2D eigenvalue weighted by molar-refractivity contribution is -0.123. The van der Waals surface area contributed by atoms with Crippen LogP contribution in [0.2, 0.25) is 0 Å². The molecule has 0 bridgehead atoms. The van der Waals surface area contributed by atoms with Crippen LogP contribution in [0.15, 0.2) is 54.6 Å². The number of primary amides is 1. The van der Waals surface area contributed by atoms with Gasteiger partial charge in [0.25, 0.3) is 5.91 Å². The first-order valence-electron chi connectivity index (χ1n) is 10.9. The number of aromatic nitrogens is 1. The Morgan fingerprint density at radius 3 is 2.42 bits per heavy atom. The van der Waals surface area contributed by atoms with Crippen molar-refractivity contribution in [3.63, 3.8) is 0 Å². The zero-order valence-corrected chi connectivity index (χ0v) is 17.4. The molecule has 1 aromatic heterocycles. The number of allylic oxidation sites excluding steroid dienone is 1. The Morgan fingerprint density at radius 2 is 1.68 bits per heavy atom. The number of carbonyl (C=O) groups excluding carboxylic acids is 2. The van der Waals surface area contributed by atoms with E-state index in [9.17, 15) is 9.59 Å². The Labute approximate surface area is 181 Å². The van der Waals surface area contributed by atoms with Crippen LogP contribution in [-0.4, -0.2) is 34.8 Å². The Kier molecular flexibility index (Phi) is 5.02. The van der Waals surface area contributed by atoms with Gasteiger partial charge in [-0.2, -0.15) is 0 Å². The lowest BCUT2D eigenvalue weighted by Crippen LogP contribution is -2.42. The van der Waals surface area contributed by atoms with Gasteiger partial charge in [0.1, 0.15) is 0 Å². The molecule has 1 aliphatic heterocycles. The zero-order valence-electron chi connectivity index (χ0n) is 17.4. The predicted octanol–water partition coefficient (Wildman–Crippen LogP) is 4.06. The second-order valence-corrected chi connectivity index (χ2v) is 8.38. The fourth-order valence-electron chi connectivity index (χ4n) is 4.80. The van der Waals surface area contributed by atoms with Crippen LogP contribution in [0.1, 0.15) is 46.4 Å². The van der Waals surface area contributed by atoms with Crippen LogP contribution in [0.4, 0.5) is 0 Å². The number of amides is 2. The first kappa shape index (κ1) is 19.5. The van der Waals surface area contributed by atoms with Crippen LogP contribution >= 0.6 is 0 Å². The largest absolute Gasteiger partial charge is 0.369 e. The van der Waals surface area contributed by atoms with E-state index in [0.717, 1.165) is 46.1 Å². The maximum Gasteiger partial charge on any atom is 0.254 e. The zero-order chi connectivity index (χ0) is 21.4. The molecule has 1 fully saturated rings. The van der Waals surface area contributed by atoms with Crippen LogP contribution < -0.4 is 5.73 Å². The smallest absolute Gasteiger partial charge is 0.254 e.